The molecule has 0 fully saturated rings. The molecule has 0 atom stereocenters. The SMILES string of the molecule is CC(=O)Nc1ccc(S(=O)(=O)N(CCc2ccccc2)Cc2ccc(C)s2)cc1. The average Bonchev–Trinajstić information content (AvgIpc) is 3.10. The number of sulfonamides is 1. The van der Waals surface area contributed by atoms with Gasteiger partial charge in [-0.05, 0) is 55.3 Å². The lowest BCUT2D eigenvalue weighted by atomic mass is 10.1. The van der Waals surface area contributed by atoms with Gasteiger partial charge in [0.05, 0.1) is 4.90 Å². The standard InChI is InChI=1S/C22H24N2O3S2/c1-17-8-11-21(28-17)16-24(15-14-19-6-4-3-5-7-19)29(26,27)22-12-9-20(10-13-22)23-18(2)25/h3-13H,14-16H2,1-2H3,(H,23,25). The van der Waals surface area contributed by atoms with Gasteiger partial charge >= 0.3 is 0 Å². The Labute approximate surface area is 176 Å². The van der Waals surface area contributed by atoms with E-state index in [2.05, 4.69) is 5.32 Å². The molecule has 0 spiro atoms. The van der Waals surface area contributed by atoms with Crippen LogP contribution in [0.2, 0.25) is 0 Å². The van der Waals surface area contributed by atoms with E-state index in [4.69, 9.17) is 0 Å². The van der Waals surface area contributed by atoms with Gasteiger partial charge in [0.15, 0.2) is 0 Å². The van der Waals surface area contributed by atoms with E-state index in [1.54, 1.807) is 23.5 Å². The molecular weight excluding hydrogens is 404 g/mol. The number of amides is 1. The van der Waals surface area contributed by atoms with Gasteiger partial charge in [0.1, 0.15) is 0 Å². The number of hydrogen-bond acceptors (Lipinski definition) is 4. The Hall–Kier alpha value is -2.48. The Bertz CT molecular complexity index is 1060. The second kappa shape index (κ2) is 9.35. The van der Waals surface area contributed by atoms with Crippen molar-refractivity contribution < 1.29 is 13.2 Å². The highest BCUT2D eigenvalue weighted by molar-refractivity contribution is 7.89. The molecule has 0 bridgehead atoms. The van der Waals surface area contributed by atoms with Gasteiger partial charge in [0.2, 0.25) is 15.9 Å². The first-order chi connectivity index (χ1) is 13.8. The molecular formula is C22H24N2O3S2. The van der Waals surface area contributed by atoms with Crippen LogP contribution in [0.25, 0.3) is 0 Å². The fraction of sp³-hybridized carbons (Fsp3) is 0.227. The molecule has 0 aliphatic carbocycles. The lowest BCUT2D eigenvalue weighted by molar-refractivity contribution is -0.114. The van der Waals surface area contributed by atoms with E-state index < -0.39 is 10.0 Å². The van der Waals surface area contributed by atoms with Crippen LogP contribution in [0.4, 0.5) is 5.69 Å². The van der Waals surface area contributed by atoms with Gasteiger partial charge in [-0.2, -0.15) is 4.31 Å². The number of thiophene rings is 1. The first-order valence-corrected chi connectivity index (χ1v) is 11.6. The maximum Gasteiger partial charge on any atom is 0.243 e. The third-order valence-electron chi connectivity index (χ3n) is 4.43. The Balaban J connectivity index is 1.84. The van der Waals surface area contributed by atoms with Gasteiger partial charge in [-0.15, -0.1) is 11.3 Å². The molecule has 0 aliphatic rings. The molecule has 1 amide bonds. The first-order valence-electron chi connectivity index (χ1n) is 9.31. The van der Waals surface area contributed by atoms with Gasteiger partial charge < -0.3 is 5.32 Å². The Kier molecular flexibility index (Phi) is 6.84. The minimum Gasteiger partial charge on any atom is -0.326 e. The van der Waals surface area contributed by atoms with Gasteiger partial charge in [0, 0.05) is 35.5 Å². The predicted octanol–water partition coefficient (Wildman–Crippen LogP) is 4.45. The number of hydrogen-bond donors (Lipinski definition) is 1. The second-order valence-corrected chi connectivity index (χ2v) is 10.1. The molecule has 29 heavy (non-hydrogen) atoms. The molecule has 1 heterocycles. The number of nitrogens with one attached hydrogen (secondary N) is 1. The highest BCUT2D eigenvalue weighted by Gasteiger charge is 2.25. The lowest BCUT2D eigenvalue weighted by Gasteiger charge is -2.22. The summed E-state index contributed by atoms with van der Waals surface area (Å²) in [6, 6.07) is 20.1. The van der Waals surface area contributed by atoms with Crippen LogP contribution in [0.3, 0.4) is 0 Å². The quantitative estimate of drug-likeness (QED) is 0.576. The summed E-state index contributed by atoms with van der Waals surface area (Å²) in [6.07, 6.45) is 0.633. The first kappa shape index (κ1) is 21.2. The van der Waals surface area contributed by atoms with Gasteiger partial charge in [0.25, 0.3) is 0 Å². The van der Waals surface area contributed by atoms with E-state index in [0.29, 0.717) is 25.2 Å². The van der Waals surface area contributed by atoms with Crippen molar-refractivity contribution in [2.45, 2.75) is 31.7 Å². The van der Waals surface area contributed by atoms with Crippen LogP contribution >= 0.6 is 11.3 Å². The number of carbonyl (C=O) groups is 1. The fourth-order valence-electron chi connectivity index (χ4n) is 2.99. The van der Waals surface area contributed by atoms with Crippen molar-refractivity contribution in [3.8, 4) is 0 Å². The van der Waals surface area contributed by atoms with Crippen molar-refractivity contribution in [2.24, 2.45) is 0 Å². The van der Waals surface area contributed by atoms with Crippen LogP contribution < -0.4 is 5.32 Å². The van der Waals surface area contributed by atoms with Gasteiger partial charge in [-0.25, -0.2) is 8.42 Å². The van der Waals surface area contributed by atoms with Crippen LogP contribution in [-0.4, -0.2) is 25.2 Å². The molecule has 0 aliphatic heterocycles. The van der Waals surface area contributed by atoms with E-state index in [1.807, 2.05) is 49.4 Å². The summed E-state index contributed by atoms with van der Waals surface area (Å²) >= 11 is 1.60. The molecule has 1 N–H and O–H groups in total. The van der Waals surface area contributed by atoms with Crippen molar-refractivity contribution in [2.75, 3.05) is 11.9 Å². The van der Waals surface area contributed by atoms with Crippen molar-refractivity contribution in [3.05, 3.63) is 82.0 Å². The van der Waals surface area contributed by atoms with E-state index >= 15 is 0 Å². The highest BCUT2D eigenvalue weighted by Crippen LogP contribution is 2.24. The minimum absolute atomic E-state index is 0.196. The summed E-state index contributed by atoms with van der Waals surface area (Å²) in [5, 5.41) is 2.66. The number of nitrogens with zero attached hydrogens (tertiary/aromatic N) is 1. The Morgan fingerprint density at radius 2 is 1.69 bits per heavy atom. The molecule has 0 saturated heterocycles. The van der Waals surface area contributed by atoms with Crippen LogP contribution in [0.15, 0.2) is 71.6 Å². The molecule has 1 aromatic heterocycles. The topological polar surface area (TPSA) is 66.5 Å². The van der Waals surface area contributed by atoms with Gasteiger partial charge in [-0.3, -0.25) is 4.79 Å². The number of rotatable bonds is 8. The monoisotopic (exact) mass is 428 g/mol. The van der Waals surface area contributed by atoms with Crippen molar-refractivity contribution in [3.63, 3.8) is 0 Å². The molecule has 0 radical (unpaired) electrons. The number of anilines is 1. The molecule has 7 heteroatoms. The summed E-state index contributed by atoms with van der Waals surface area (Å²) in [4.78, 5) is 13.6. The van der Waals surface area contributed by atoms with Crippen LogP contribution in [0.1, 0.15) is 22.2 Å². The zero-order valence-corrected chi connectivity index (χ0v) is 18.1. The normalized spacial score (nSPS) is 11.6. The number of benzene rings is 2. The summed E-state index contributed by atoms with van der Waals surface area (Å²) in [5.74, 6) is -0.196. The predicted molar refractivity (Wildman–Crippen MR) is 118 cm³/mol. The van der Waals surface area contributed by atoms with Crippen LogP contribution in [0, 0.1) is 6.92 Å². The maximum absolute atomic E-state index is 13.3. The molecule has 0 saturated carbocycles. The summed E-state index contributed by atoms with van der Waals surface area (Å²) in [5.41, 5.74) is 1.66. The number of carbonyl (C=O) groups excluding carboxylic acids is 1. The summed E-state index contributed by atoms with van der Waals surface area (Å²) in [6.45, 7) is 4.15. The summed E-state index contributed by atoms with van der Waals surface area (Å²) in [7, 11) is -3.68. The van der Waals surface area contributed by atoms with E-state index in [1.165, 1.54) is 23.4 Å². The fourth-order valence-corrected chi connectivity index (χ4v) is 5.40. The van der Waals surface area contributed by atoms with Crippen LogP contribution in [0.5, 0.6) is 0 Å². The third kappa shape index (κ3) is 5.76. The highest BCUT2D eigenvalue weighted by atomic mass is 32.2. The minimum atomic E-state index is -3.68. The van der Waals surface area contributed by atoms with Crippen molar-refractivity contribution in [1.29, 1.82) is 0 Å². The molecule has 3 rings (SSSR count). The molecule has 5 nitrogen and oxygen atoms in total. The second-order valence-electron chi connectivity index (χ2n) is 6.79. The Morgan fingerprint density at radius 3 is 2.28 bits per heavy atom. The molecule has 152 valence electrons. The van der Waals surface area contributed by atoms with E-state index in [-0.39, 0.29) is 10.8 Å². The van der Waals surface area contributed by atoms with Gasteiger partial charge in [-0.1, -0.05) is 30.3 Å². The zero-order valence-electron chi connectivity index (χ0n) is 16.5. The smallest absolute Gasteiger partial charge is 0.243 e. The largest absolute Gasteiger partial charge is 0.326 e. The van der Waals surface area contributed by atoms with Crippen molar-refractivity contribution >= 4 is 33.0 Å². The van der Waals surface area contributed by atoms with E-state index in [0.717, 1.165) is 15.3 Å². The lowest BCUT2D eigenvalue weighted by Crippen LogP contribution is -2.32. The zero-order chi connectivity index (χ0) is 20.9. The maximum atomic E-state index is 13.3. The Morgan fingerprint density at radius 1 is 1.00 bits per heavy atom. The molecule has 2 aromatic carbocycles. The van der Waals surface area contributed by atoms with Crippen molar-refractivity contribution in [1.82, 2.24) is 4.31 Å². The van der Waals surface area contributed by atoms with Crippen LogP contribution in [-0.2, 0) is 27.8 Å². The molecule has 0 unspecified atom stereocenters. The average molecular weight is 429 g/mol. The third-order valence-corrected chi connectivity index (χ3v) is 7.28. The molecule has 3 aromatic rings. The van der Waals surface area contributed by atoms with E-state index in [9.17, 15) is 13.2 Å². The number of aryl methyl sites for hydroxylation is 1. The summed E-state index contributed by atoms with van der Waals surface area (Å²) < 4.78 is 28.2.